The Morgan fingerprint density at radius 2 is 1.50 bits per heavy atom. The summed E-state index contributed by atoms with van der Waals surface area (Å²) in [7, 11) is 0. The van der Waals surface area contributed by atoms with Crippen LogP contribution in [0.2, 0.25) is 0 Å². The predicted octanol–water partition coefficient (Wildman–Crippen LogP) is 1.76. The van der Waals surface area contributed by atoms with Crippen LogP contribution in [0.25, 0.3) is 0 Å². The molecule has 24 heavy (non-hydrogen) atoms. The summed E-state index contributed by atoms with van der Waals surface area (Å²) in [6.07, 6.45) is 0.728. The van der Waals surface area contributed by atoms with Crippen LogP contribution in [-0.2, 0) is 14.4 Å². The zero-order valence-corrected chi connectivity index (χ0v) is 15.7. The molecule has 5 amide bonds. The molecular weight excluding hydrogens is 310 g/mol. The van der Waals surface area contributed by atoms with Crippen LogP contribution in [0.3, 0.4) is 0 Å². The van der Waals surface area contributed by atoms with Crippen LogP contribution in [0.15, 0.2) is 0 Å². The van der Waals surface area contributed by atoms with Gasteiger partial charge in [0.15, 0.2) is 0 Å². The van der Waals surface area contributed by atoms with Crippen molar-refractivity contribution in [3.05, 3.63) is 0 Å². The first kappa shape index (κ1) is 20.1. The van der Waals surface area contributed by atoms with E-state index in [2.05, 4.69) is 26.1 Å². The molecule has 0 aliphatic carbocycles. The minimum Gasteiger partial charge on any atom is -0.350 e. The second-order valence-corrected chi connectivity index (χ2v) is 8.65. The molecule has 0 aromatic carbocycles. The van der Waals surface area contributed by atoms with Crippen molar-refractivity contribution in [2.45, 2.75) is 60.4 Å². The van der Waals surface area contributed by atoms with E-state index in [4.69, 9.17) is 0 Å². The van der Waals surface area contributed by atoms with Crippen molar-refractivity contribution in [3.63, 3.8) is 0 Å². The lowest BCUT2D eigenvalue weighted by molar-refractivity contribution is -0.144. The lowest BCUT2D eigenvalue weighted by atomic mass is 9.82. The Hall–Kier alpha value is -1.92. The second kappa shape index (κ2) is 6.91. The number of hydrogen-bond donors (Lipinski definition) is 1. The van der Waals surface area contributed by atoms with Crippen LogP contribution in [0, 0.1) is 11.3 Å². The van der Waals surface area contributed by atoms with E-state index in [0.717, 1.165) is 11.3 Å². The van der Waals surface area contributed by atoms with Crippen LogP contribution in [0.1, 0.15) is 54.9 Å². The molecule has 0 unspecified atom stereocenters. The summed E-state index contributed by atoms with van der Waals surface area (Å²) in [5.41, 5.74) is -0.469. The Morgan fingerprint density at radius 1 is 1.00 bits per heavy atom. The summed E-state index contributed by atoms with van der Waals surface area (Å²) in [6, 6.07) is -0.720. The van der Waals surface area contributed by atoms with Gasteiger partial charge in [-0.25, -0.2) is 9.69 Å². The highest BCUT2D eigenvalue weighted by Gasteiger charge is 2.45. The van der Waals surface area contributed by atoms with Crippen LogP contribution in [0.5, 0.6) is 0 Å². The highest BCUT2D eigenvalue weighted by Crippen LogP contribution is 2.26. The standard InChI is InChI=1S/C17H29N3O4/c1-11(2)8-19-13(22)14(23)20(15(19)24)9-12(21)18-17(6,7)10-16(3,4)5/h11H,8-10H2,1-7H3,(H,18,21). The van der Waals surface area contributed by atoms with Gasteiger partial charge in [0.2, 0.25) is 5.91 Å². The molecule has 1 aliphatic rings. The third-order valence-electron chi connectivity index (χ3n) is 3.43. The molecule has 1 saturated heterocycles. The van der Waals surface area contributed by atoms with Gasteiger partial charge in [-0.2, -0.15) is 0 Å². The fraction of sp³-hybridized carbons (Fsp3) is 0.765. The molecule has 0 aromatic heterocycles. The number of urea groups is 1. The Labute approximate surface area is 143 Å². The first-order valence-electron chi connectivity index (χ1n) is 8.22. The van der Waals surface area contributed by atoms with Gasteiger partial charge in [0.05, 0.1) is 0 Å². The quantitative estimate of drug-likeness (QED) is 0.590. The molecule has 0 atom stereocenters. The molecule has 0 radical (unpaired) electrons. The van der Waals surface area contributed by atoms with Crippen molar-refractivity contribution < 1.29 is 19.2 Å². The Kier molecular flexibility index (Phi) is 5.79. The van der Waals surface area contributed by atoms with Gasteiger partial charge >= 0.3 is 17.8 Å². The molecule has 1 fully saturated rings. The number of rotatable bonds is 6. The van der Waals surface area contributed by atoms with E-state index < -0.39 is 35.8 Å². The number of carbonyl (C=O) groups excluding carboxylic acids is 4. The third kappa shape index (κ3) is 5.32. The number of nitrogens with zero attached hydrogens (tertiary/aromatic N) is 2. The largest absolute Gasteiger partial charge is 0.350 e. The van der Waals surface area contributed by atoms with E-state index in [1.807, 2.05) is 27.7 Å². The molecule has 1 aliphatic heterocycles. The smallest absolute Gasteiger partial charge is 0.334 e. The summed E-state index contributed by atoms with van der Waals surface area (Å²) in [6.45, 7) is 13.4. The fourth-order valence-electron chi connectivity index (χ4n) is 3.15. The van der Waals surface area contributed by atoms with E-state index in [0.29, 0.717) is 4.90 Å². The topological polar surface area (TPSA) is 86.8 Å². The van der Waals surface area contributed by atoms with Crippen LogP contribution in [-0.4, -0.2) is 52.2 Å². The molecule has 1 rings (SSSR count). The predicted molar refractivity (Wildman–Crippen MR) is 90.0 cm³/mol. The first-order chi connectivity index (χ1) is 10.7. The van der Waals surface area contributed by atoms with E-state index in [1.54, 1.807) is 0 Å². The monoisotopic (exact) mass is 339 g/mol. The van der Waals surface area contributed by atoms with E-state index >= 15 is 0 Å². The molecule has 7 nitrogen and oxygen atoms in total. The molecule has 0 bridgehead atoms. The Bertz CT molecular complexity index is 547. The van der Waals surface area contributed by atoms with Gasteiger partial charge in [-0.3, -0.25) is 19.3 Å². The average molecular weight is 339 g/mol. The molecule has 0 spiro atoms. The minimum absolute atomic E-state index is 0.0140. The van der Waals surface area contributed by atoms with Crippen molar-refractivity contribution in [3.8, 4) is 0 Å². The summed E-state index contributed by atoms with van der Waals surface area (Å²) in [5, 5.41) is 2.84. The van der Waals surface area contributed by atoms with Gasteiger partial charge in [-0.1, -0.05) is 34.6 Å². The van der Waals surface area contributed by atoms with Gasteiger partial charge in [0.1, 0.15) is 6.54 Å². The SMILES string of the molecule is CC(C)CN1C(=O)C(=O)N(CC(=O)NC(C)(C)CC(C)(C)C)C1=O. The summed E-state index contributed by atoms with van der Waals surface area (Å²) >= 11 is 0. The minimum atomic E-state index is -0.940. The van der Waals surface area contributed by atoms with Gasteiger partial charge in [-0.05, 0) is 31.6 Å². The highest BCUT2D eigenvalue weighted by atomic mass is 16.2. The van der Waals surface area contributed by atoms with E-state index in [9.17, 15) is 19.2 Å². The maximum atomic E-state index is 12.2. The number of nitrogens with one attached hydrogen (secondary N) is 1. The molecule has 7 heteroatoms. The average Bonchev–Trinajstić information content (AvgIpc) is 2.52. The lowest BCUT2D eigenvalue weighted by Crippen LogP contribution is -2.50. The van der Waals surface area contributed by atoms with Crippen molar-refractivity contribution in [2.24, 2.45) is 11.3 Å². The van der Waals surface area contributed by atoms with Gasteiger partial charge in [0, 0.05) is 12.1 Å². The molecule has 0 saturated carbocycles. The van der Waals surface area contributed by atoms with E-state index in [1.165, 1.54) is 0 Å². The van der Waals surface area contributed by atoms with Crippen molar-refractivity contribution in [1.82, 2.24) is 15.1 Å². The Balaban J connectivity index is 2.75. The molecule has 1 N–H and O–H groups in total. The fourth-order valence-corrected chi connectivity index (χ4v) is 3.15. The van der Waals surface area contributed by atoms with Gasteiger partial charge in [-0.15, -0.1) is 0 Å². The molecule has 0 aromatic rings. The normalized spacial score (nSPS) is 16.4. The summed E-state index contributed by atoms with van der Waals surface area (Å²) in [5.74, 6) is -2.21. The zero-order valence-electron chi connectivity index (χ0n) is 15.7. The molecule has 136 valence electrons. The summed E-state index contributed by atoms with van der Waals surface area (Å²) in [4.78, 5) is 50.0. The second-order valence-electron chi connectivity index (χ2n) is 8.65. The van der Waals surface area contributed by atoms with Crippen molar-refractivity contribution in [1.29, 1.82) is 0 Å². The number of imide groups is 2. The van der Waals surface area contributed by atoms with Crippen LogP contribution >= 0.6 is 0 Å². The first-order valence-corrected chi connectivity index (χ1v) is 8.22. The molecule has 1 heterocycles. The number of carbonyl (C=O) groups is 4. The third-order valence-corrected chi connectivity index (χ3v) is 3.43. The van der Waals surface area contributed by atoms with Gasteiger partial charge < -0.3 is 5.32 Å². The lowest BCUT2D eigenvalue weighted by Gasteiger charge is -2.33. The summed E-state index contributed by atoms with van der Waals surface area (Å²) < 4.78 is 0. The zero-order chi connectivity index (χ0) is 18.9. The van der Waals surface area contributed by atoms with Crippen molar-refractivity contribution >= 4 is 23.8 Å². The molecular formula is C17H29N3O4. The number of hydrogen-bond acceptors (Lipinski definition) is 4. The Morgan fingerprint density at radius 3 is 1.96 bits per heavy atom. The van der Waals surface area contributed by atoms with Gasteiger partial charge in [0.25, 0.3) is 0 Å². The van der Waals surface area contributed by atoms with Crippen LogP contribution in [0.4, 0.5) is 4.79 Å². The van der Waals surface area contributed by atoms with Crippen LogP contribution < -0.4 is 5.32 Å². The highest BCUT2D eigenvalue weighted by molar-refractivity contribution is 6.45. The van der Waals surface area contributed by atoms with E-state index in [-0.39, 0.29) is 17.9 Å². The maximum Gasteiger partial charge on any atom is 0.334 e. The van der Waals surface area contributed by atoms with Crippen molar-refractivity contribution in [2.75, 3.05) is 13.1 Å². The maximum absolute atomic E-state index is 12.2. The number of amides is 5.